The van der Waals surface area contributed by atoms with Gasteiger partial charge < -0.3 is 14.5 Å². The number of ether oxygens (including phenoxy) is 1. The highest BCUT2D eigenvalue weighted by Crippen LogP contribution is 2.22. The van der Waals surface area contributed by atoms with Gasteiger partial charge >= 0.3 is 5.76 Å². The standard InChI is InChI=1S/C21H16N2O4/c24-20(22-16-8-11-19-18(12-16)23-21(25)27-19)13-26-17-9-6-15(7-10-17)14-4-2-1-3-5-14/h1-12H,13H2,(H,22,24)(H,23,25). The molecule has 0 saturated carbocycles. The highest BCUT2D eigenvalue weighted by Gasteiger charge is 2.07. The molecule has 0 aliphatic carbocycles. The van der Waals surface area contributed by atoms with Crippen molar-refractivity contribution in [2.45, 2.75) is 0 Å². The molecule has 4 rings (SSSR count). The van der Waals surface area contributed by atoms with Gasteiger partial charge in [-0.25, -0.2) is 4.79 Å². The van der Waals surface area contributed by atoms with Crippen molar-refractivity contribution in [1.82, 2.24) is 4.98 Å². The number of nitrogens with one attached hydrogen (secondary N) is 2. The van der Waals surface area contributed by atoms with E-state index < -0.39 is 5.76 Å². The van der Waals surface area contributed by atoms with Crippen LogP contribution >= 0.6 is 0 Å². The van der Waals surface area contributed by atoms with Crippen LogP contribution in [0.5, 0.6) is 5.75 Å². The van der Waals surface area contributed by atoms with E-state index in [0.29, 0.717) is 22.5 Å². The second-order valence-electron chi connectivity index (χ2n) is 5.95. The molecule has 0 aliphatic heterocycles. The lowest BCUT2D eigenvalue weighted by atomic mass is 10.1. The summed E-state index contributed by atoms with van der Waals surface area (Å²) in [6.45, 7) is -0.120. The van der Waals surface area contributed by atoms with Gasteiger partial charge in [0.1, 0.15) is 5.75 Å². The van der Waals surface area contributed by atoms with Crippen LogP contribution in [0.1, 0.15) is 0 Å². The first-order chi connectivity index (χ1) is 13.2. The lowest BCUT2D eigenvalue weighted by molar-refractivity contribution is -0.118. The highest BCUT2D eigenvalue weighted by molar-refractivity contribution is 5.93. The van der Waals surface area contributed by atoms with Gasteiger partial charge in [-0.15, -0.1) is 0 Å². The number of oxazole rings is 1. The molecule has 3 aromatic carbocycles. The van der Waals surface area contributed by atoms with Crippen molar-refractivity contribution in [2.24, 2.45) is 0 Å². The smallest absolute Gasteiger partial charge is 0.417 e. The summed E-state index contributed by atoms with van der Waals surface area (Å²) in [5.74, 6) is -0.220. The minimum Gasteiger partial charge on any atom is -0.484 e. The molecule has 134 valence electrons. The molecular formula is C21H16N2O4. The van der Waals surface area contributed by atoms with E-state index in [1.165, 1.54) is 0 Å². The monoisotopic (exact) mass is 360 g/mol. The van der Waals surface area contributed by atoms with E-state index >= 15 is 0 Å². The van der Waals surface area contributed by atoms with E-state index in [0.717, 1.165) is 11.1 Å². The van der Waals surface area contributed by atoms with Crippen LogP contribution in [0.15, 0.2) is 82.0 Å². The largest absolute Gasteiger partial charge is 0.484 e. The Hall–Kier alpha value is -3.80. The van der Waals surface area contributed by atoms with Crippen molar-refractivity contribution < 1.29 is 13.9 Å². The minimum absolute atomic E-state index is 0.120. The van der Waals surface area contributed by atoms with Crippen LogP contribution in [0.4, 0.5) is 5.69 Å². The van der Waals surface area contributed by atoms with Crippen molar-refractivity contribution >= 4 is 22.7 Å². The Kier molecular flexibility index (Phi) is 4.45. The van der Waals surface area contributed by atoms with Gasteiger partial charge in [0.05, 0.1) is 5.52 Å². The number of hydrogen-bond donors (Lipinski definition) is 2. The molecule has 0 bridgehead atoms. The Labute approximate surface area is 154 Å². The summed E-state index contributed by atoms with van der Waals surface area (Å²) in [6, 6.07) is 22.5. The lowest BCUT2D eigenvalue weighted by Gasteiger charge is -2.08. The topological polar surface area (TPSA) is 84.3 Å². The van der Waals surface area contributed by atoms with Gasteiger partial charge in [-0.1, -0.05) is 42.5 Å². The summed E-state index contributed by atoms with van der Waals surface area (Å²) in [5.41, 5.74) is 3.71. The minimum atomic E-state index is -0.532. The van der Waals surface area contributed by atoms with Crippen LogP contribution in [0.25, 0.3) is 22.2 Å². The molecule has 0 saturated heterocycles. The number of fused-ring (bicyclic) bond motifs is 1. The van der Waals surface area contributed by atoms with Crippen molar-refractivity contribution in [1.29, 1.82) is 0 Å². The molecular weight excluding hydrogens is 344 g/mol. The number of carbonyl (C=O) groups is 1. The van der Waals surface area contributed by atoms with E-state index in [1.807, 2.05) is 54.6 Å². The summed E-state index contributed by atoms with van der Waals surface area (Å²) in [7, 11) is 0. The van der Waals surface area contributed by atoms with Gasteiger partial charge in [-0.3, -0.25) is 9.78 Å². The maximum absolute atomic E-state index is 12.1. The summed E-state index contributed by atoms with van der Waals surface area (Å²) < 4.78 is 10.5. The summed E-state index contributed by atoms with van der Waals surface area (Å²) in [4.78, 5) is 25.8. The normalized spacial score (nSPS) is 10.7. The van der Waals surface area contributed by atoms with Crippen molar-refractivity contribution in [3.8, 4) is 16.9 Å². The Balaban J connectivity index is 1.36. The Bertz CT molecular complexity index is 1130. The third-order valence-electron chi connectivity index (χ3n) is 4.03. The van der Waals surface area contributed by atoms with Crippen molar-refractivity contribution in [3.05, 3.63) is 83.3 Å². The first-order valence-electron chi connectivity index (χ1n) is 8.38. The Morgan fingerprint density at radius 1 is 0.963 bits per heavy atom. The molecule has 1 heterocycles. The third-order valence-corrected chi connectivity index (χ3v) is 4.03. The summed E-state index contributed by atoms with van der Waals surface area (Å²) >= 11 is 0. The molecule has 1 amide bonds. The molecule has 0 atom stereocenters. The van der Waals surface area contributed by atoms with E-state index in [2.05, 4.69) is 10.3 Å². The van der Waals surface area contributed by atoms with Gasteiger partial charge in [0.2, 0.25) is 0 Å². The number of hydrogen-bond acceptors (Lipinski definition) is 4. The molecule has 0 unspecified atom stereocenters. The van der Waals surface area contributed by atoms with Crippen LogP contribution in [0, 0.1) is 0 Å². The van der Waals surface area contributed by atoms with Gasteiger partial charge in [-0.05, 0) is 41.5 Å². The third kappa shape index (κ3) is 3.90. The number of anilines is 1. The molecule has 0 radical (unpaired) electrons. The number of rotatable bonds is 5. The van der Waals surface area contributed by atoms with Crippen LogP contribution in [0.2, 0.25) is 0 Å². The zero-order chi connectivity index (χ0) is 18.6. The number of aromatic amines is 1. The zero-order valence-corrected chi connectivity index (χ0v) is 14.3. The molecule has 0 spiro atoms. The van der Waals surface area contributed by atoms with Crippen LogP contribution in [-0.4, -0.2) is 17.5 Å². The Morgan fingerprint density at radius 3 is 2.48 bits per heavy atom. The van der Waals surface area contributed by atoms with Crippen molar-refractivity contribution in [3.63, 3.8) is 0 Å². The predicted octanol–water partition coefficient (Wildman–Crippen LogP) is 3.81. The first kappa shape index (κ1) is 16.7. The van der Waals surface area contributed by atoms with Gasteiger partial charge in [0, 0.05) is 5.69 Å². The first-order valence-corrected chi connectivity index (χ1v) is 8.38. The van der Waals surface area contributed by atoms with Crippen molar-refractivity contribution in [2.75, 3.05) is 11.9 Å². The van der Waals surface area contributed by atoms with Gasteiger partial charge in [-0.2, -0.15) is 0 Å². The van der Waals surface area contributed by atoms with Crippen LogP contribution < -0.4 is 15.8 Å². The number of benzene rings is 3. The molecule has 1 aromatic heterocycles. The second-order valence-corrected chi connectivity index (χ2v) is 5.95. The maximum Gasteiger partial charge on any atom is 0.417 e. The molecule has 6 heteroatoms. The number of amides is 1. The summed E-state index contributed by atoms with van der Waals surface area (Å²) in [5, 5.41) is 2.72. The average Bonchev–Trinajstić information content (AvgIpc) is 3.07. The molecule has 0 aliphatic rings. The maximum atomic E-state index is 12.1. The number of carbonyl (C=O) groups excluding carboxylic acids is 1. The van der Waals surface area contributed by atoms with E-state index in [4.69, 9.17) is 9.15 Å². The van der Waals surface area contributed by atoms with Crippen LogP contribution in [0.3, 0.4) is 0 Å². The fraction of sp³-hybridized carbons (Fsp3) is 0.0476. The summed E-state index contributed by atoms with van der Waals surface area (Å²) in [6.07, 6.45) is 0. The second kappa shape index (κ2) is 7.21. The van der Waals surface area contributed by atoms with Gasteiger partial charge in [0.25, 0.3) is 5.91 Å². The number of aromatic nitrogens is 1. The fourth-order valence-electron chi connectivity index (χ4n) is 2.75. The molecule has 27 heavy (non-hydrogen) atoms. The van der Waals surface area contributed by atoms with E-state index in [-0.39, 0.29) is 12.5 Å². The highest BCUT2D eigenvalue weighted by atomic mass is 16.5. The van der Waals surface area contributed by atoms with Crippen LogP contribution in [-0.2, 0) is 4.79 Å². The van der Waals surface area contributed by atoms with Gasteiger partial charge in [0.15, 0.2) is 12.2 Å². The van der Waals surface area contributed by atoms with E-state index in [9.17, 15) is 9.59 Å². The molecule has 0 fully saturated rings. The molecule has 4 aromatic rings. The van der Waals surface area contributed by atoms with E-state index in [1.54, 1.807) is 18.2 Å². The SMILES string of the molecule is O=C(COc1ccc(-c2ccccc2)cc1)Nc1ccc2oc(=O)[nH]c2c1. The predicted molar refractivity (Wildman–Crippen MR) is 103 cm³/mol. The Morgan fingerprint density at radius 2 is 1.70 bits per heavy atom. The zero-order valence-electron chi connectivity index (χ0n) is 14.3. The molecule has 6 nitrogen and oxygen atoms in total. The lowest BCUT2D eigenvalue weighted by Crippen LogP contribution is -2.20. The molecule has 2 N–H and O–H groups in total. The fourth-order valence-corrected chi connectivity index (χ4v) is 2.75. The quantitative estimate of drug-likeness (QED) is 0.567. The number of H-pyrrole nitrogens is 1. The average molecular weight is 360 g/mol.